The Kier molecular flexibility index (Phi) is 6.43. The van der Waals surface area contributed by atoms with E-state index in [9.17, 15) is 8.42 Å². The lowest BCUT2D eigenvalue weighted by Crippen LogP contribution is -2.52. The molecule has 7 heteroatoms. The molecule has 21 heavy (non-hydrogen) atoms. The minimum atomic E-state index is -3.27. The number of piperazine rings is 1. The third-order valence-electron chi connectivity index (χ3n) is 4.31. The van der Waals surface area contributed by atoms with Gasteiger partial charge in [-0.1, -0.05) is 6.92 Å². The van der Waals surface area contributed by atoms with Crippen LogP contribution in [-0.2, 0) is 10.2 Å². The van der Waals surface area contributed by atoms with Crippen LogP contribution in [0.15, 0.2) is 0 Å². The molecule has 0 bridgehead atoms. The van der Waals surface area contributed by atoms with Crippen molar-refractivity contribution in [1.29, 1.82) is 0 Å². The van der Waals surface area contributed by atoms with Crippen LogP contribution in [0.4, 0.5) is 0 Å². The maximum absolute atomic E-state index is 12.5. The largest absolute Gasteiger partial charge is 0.317 e. The number of hydrogen-bond donors (Lipinski definition) is 1. The summed E-state index contributed by atoms with van der Waals surface area (Å²) in [7, 11) is -1.57. The third-order valence-corrected chi connectivity index (χ3v) is 6.30. The van der Waals surface area contributed by atoms with Crippen molar-refractivity contribution in [1.82, 2.24) is 18.8 Å². The van der Waals surface area contributed by atoms with Gasteiger partial charge in [0.1, 0.15) is 0 Å². The van der Waals surface area contributed by atoms with Crippen molar-refractivity contribution in [3.05, 3.63) is 0 Å². The summed E-state index contributed by atoms with van der Waals surface area (Å²) in [5.41, 5.74) is 0. The van der Waals surface area contributed by atoms with Crippen LogP contribution < -0.4 is 5.32 Å². The second kappa shape index (κ2) is 7.87. The molecule has 0 aromatic rings. The van der Waals surface area contributed by atoms with Gasteiger partial charge in [-0.2, -0.15) is 17.0 Å². The molecule has 1 aliphatic carbocycles. The highest BCUT2D eigenvalue weighted by Crippen LogP contribution is 2.28. The Morgan fingerprint density at radius 3 is 2.38 bits per heavy atom. The fraction of sp³-hybridized carbons (Fsp3) is 1.00. The standard InChI is InChI=1S/C14H30N4O2S/c1-3-7-15-8-4-9-16(2)21(19,20)18-12-10-17(11-13-18)14-5-6-14/h14-15H,3-13H2,1-2H3. The van der Waals surface area contributed by atoms with Crippen molar-refractivity contribution < 1.29 is 8.42 Å². The van der Waals surface area contributed by atoms with E-state index in [1.807, 2.05) is 0 Å². The van der Waals surface area contributed by atoms with Gasteiger partial charge in [-0.25, -0.2) is 0 Å². The second-order valence-electron chi connectivity index (χ2n) is 6.10. The Morgan fingerprint density at radius 1 is 1.14 bits per heavy atom. The second-order valence-corrected chi connectivity index (χ2v) is 8.13. The van der Waals surface area contributed by atoms with Crippen LogP contribution in [0.5, 0.6) is 0 Å². The summed E-state index contributed by atoms with van der Waals surface area (Å²) in [6, 6.07) is 0.734. The molecule has 2 aliphatic rings. The van der Waals surface area contributed by atoms with Crippen LogP contribution in [-0.4, -0.2) is 80.8 Å². The van der Waals surface area contributed by atoms with Crippen LogP contribution in [0, 0.1) is 0 Å². The first kappa shape index (κ1) is 17.1. The van der Waals surface area contributed by atoms with Gasteiger partial charge in [0.25, 0.3) is 10.2 Å². The average molecular weight is 318 g/mol. The number of nitrogens with zero attached hydrogens (tertiary/aromatic N) is 3. The van der Waals surface area contributed by atoms with E-state index in [4.69, 9.17) is 0 Å². The van der Waals surface area contributed by atoms with Gasteiger partial charge in [0.2, 0.25) is 0 Å². The van der Waals surface area contributed by atoms with Crippen molar-refractivity contribution in [2.24, 2.45) is 0 Å². The summed E-state index contributed by atoms with van der Waals surface area (Å²) in [5, 5.41) is 3.30. The van der Waals surface area contributed by atoms with Gasteiger partial charge in [0.15, 0.2) is 0 Å². The molecule has 6 nitrogen and oxygen atoms in total. The highest BCUT2D eigenvalue weighted by atomic mass is 32.2. The van der Waals surface area contributed by atoms with Crippen molar-refractivity contribution in [3.63, 3.8) is 0 Å². The molecule has 0 aromatic heterocycles. The minimum Gasteiger partial charge on any atom is -0.317 e. The molecular weight excluding hydrogens is 288 g/mol. The van der Waals surface area contributed by atoms with Gasteiger partial charge < -0.3 is 5.32 Å². The maximum atomic E-state index is 12.5. The first-order valence-corrected chi connectivity index (χ1v) is 9.61. The number of rotatable bonds is 9. The monoisotopic (exact) mass is 318 g/mol. The average Bonchev–Trinajstić information content (AvgIpc) is 3.31. The predicted octanol–water partition coefficient (Wildman–Crippen LogP) is 0.333. The first-order chi connectivity index (χ1) is 10.1. The van der Waals surface area contributed by atoms with Crippen molar-refractivity contribution >= 4 is 10.2 Å². The van der Waals surface area contributed by atoms with E-state index in [1.165, 1.54) is 17.1 Å². The summed E-state index contributed by atoms with van der Waals surface area (Å²) < 4.78 is 28.2. The Bertz CT molecular complexity index is 403. The summed E-state index contributed by atoms with van der Waals surface area (Å²) in [6.45, 7) is 7.63. The van der Waals surface area contributed by atoms with Crippen molar-refractivity contribution in [2.75, 3.05) is 52.9 Å². The molecule has 0 amide bonds. The first-order valence-electron chi connectivity index (χ1n) is 8.22. The van der Waals surface area contributed by atoms with Crippen molar-refractivity contribution in [2.45, 2.75) is 38.6 Å². The summed E-state index contributed by atoms with van der Waals surface area (Å²) in [5.74, 6) is 0. The molecule has 1 aliphatic heterocycles. The van der Waals surface area contributed by atoms with Crippen LogP contribution in [0.2, 0.25) is 0 Å². The number of nitrogens with one attached hydrogen (secondary N) is 1. The van der Waals surface area contributed by atoms with Crippen LogP contribution >= 0.6 is 0 Å². The molecule has 124 valence electrons. The van der Waals surface area contributed by atoms with E-state index in [0.717, 1.165) is 45.1 Å². The molecule has 1 saturated heterocycles. The highest BCUT2D eigenvalue weighted by Gasteiger charge is 2.35. The van der Waals surface area contributed by atoms with Crippen LogP contribution in [0.1, 0.15) is 32.6 Å². The molecule has 1 N–H and O–H groups in total. The van der Waals surface area contributed by atoms with Crippen LogP contribution in [0.25, 0.3) is 0 Å². The summed E-state index contributed by atoms with van der Waals surface area (Å²) in [6.07, 6.45) is 4.55. The van der Waals surface area contributed by atoms with Gasteiger partial charge in [0.05, 0.1) is 0 Å². The fourth-order valence-electron chi connectivity index (χ4n) is 2.78. The smallest absolute Gasteiger partial charge is 0.281 e. The molecule has 1 saturated carbocycles. The Labute approximate surface area is 129 Å². The topological polar surface area (TPSA) is 55.9 Å². The predicted molar refractivity (Wildman–Crippen MR) is 85.5 cm³/mol. The molecule has 2 fully saturated rings. The minimum absolute atomic E-state index is 0.585. The molecule has 0 radical (unpaired) electrons. The summed E-state index contributed by atoms with van der Waals surface area (Å²) in [4.78, 5) is 2.43. The quantitative estimate of drug-likeness (QED) is 0.623. The van der Waals surface area contributed by atoms with Gasteiger partial charge in [0, 0.05) is 45.8 Å². The Balaban J connectivity index is 1.72. The van der Waals surface area contributed by atoms with Crippen LogP contribution in [0.3, 0.4) is 0 Å². The van der Waals surface area contributed by atoms with E-state index in [-0.39, 0.29) is 0 Å². The highest BCUT2D eigenvalue weighted by molar-refractivity contribution is 7.86. The van der Waals surface area contributed by atoms with Gasteiger partial charge in [-0.05, 0) is 38.8 Å². The molecule has 0 aromatic carbocycles. The third kappa shape index (κ3) is 4.89. The van der Waals surface area contributed by atoms with E-state index in [1.54, 1.807) is 11.4 Å². The normalized spacial score (nSPS) is 22.0. The zero-order valence-corrected chi connectivity index (χ0v) is 14.2. The molecule has 0 unspecified atom stereocenters. The molecule has 1 heterocycles. The lowest BCUT2D eigenvalue weighted by Gasteiger charge is -2.35. The SMILES string of the molecule is CCCNCCCN(C)S(=O)(=O)N1CCN(C2CC2)CC1. The maximum Gasteiger partial charge on any atom is 0.281 e. The lowest BCUT2D eigenvalue weighted by atomic mass is 10.3. The fourth-order valence-corrected chi connectivity index (χ4v) is 4.16. The van der Waals surface area contributed by atoms with E-state index in [2.05, 4.69) is 17.1 Å². The lowest BCUT2D eigenvalue weighted by molar-refractivity contribution is 0.175. The molecular formula is C14H30N4O2S. The molecule has 2 rings (SSSR count). The van der Waals surface area contributed by atoms with E-state index >= 15 is 0 Å². The van der Waals surface area contributed by atoms with E-state index in [0.29, 0.717) is 19.6 Å². The zero-order valence-electron chi connectivity index (χ0n) is 13.4. The van der Waals surface area contributed by atoms with Crippen molar-refractivity contribution in [3.8, 4) is 0 Å². The van der Waals surface area contributed by atoms with E-state index < -0.39 is 10.2 Å². The van der Waals surface area contributed by atoms with Gasteiger partial charge >= 0.3 is 0 Å². The Morgan fingerprint density at radius 2 is 1.81 bits per heavy atom. The van der Waals surface area contributed by atoms with Gasteiger partial charge in [-0.3, -0.25) is 4.90 Å². The zero-order chi connectivity index (χ0) is 15.3. The van der Waals surface area contributed by atoms with Gasteiger partial charge in [-0.15, -0.1) is 0 Å². The Hall–Kier alpha value is -0.210. The summed E-state index contributed by atoms with van der Waals surface area (Å²) >= 11 is 0. The molecule has 0 spiro atoms. The molecule has 0 atom stereocenters. The number of hydrogen-bond acceptors (Lipinski definition) is 4.